The van der Waals surface area contributed by atoms with Crippen LogP contribution < -0.4 is 4.74 Å². The van der Waals surface area contributed by atoms with E-state index >= 15 is 0 Å². The van der Waals surface area contributed by atoms with Gasteiger partial charge in [0.25, 0.3) is 0 Å². The second-order valence-electron chi connectivity index (χ2n) is 9.83. The molecule has 2 aliphatic rings. The van der Waals surface area contributed by atoms with Crippen molar-refractivity contribution < 1.29 is 22.3 Å². The lowest BCUT2D eigenvalue weighted by atomic mass is 9.61. The van der Waals surface area contributed by atoms with Crippen molar-refractivity contribution >= 4 is 11.2 Å². The van der Waals surface area contributed by atoms with Crippen LogP contribution >= 0.6 is 0 Å². The van der Waals surface area contributed by atoms with Gasteiger partial charge in [0.2, 0.25) is 5.82 Å². The molecule has 4 aromatic heterocycles. The number of hydrogen-bond acceptors (Lipinski definition) is 5. The number of alkyl halides is 3. The number of aromatic nitrogens is 5. The Bertz CT molecular complexity index is 1400. The van der Waals surface area contributed by atoms with Gasteiger partial charge in [-0.05, 0) is 62.9 Å². The van der Waals surface area contributed by atoms with Gasteiger partial charge in [0.05, 0.1) is 17.4 Å². The van der Waals surface area contributed by atoms with Crippen LogP contribution in [0.3, 0.4) is 0 Å². The van der Waals surface area contributed by atoms with Crippen LogP contribution in [0.1, 0.15) is 36.3 Å². The standard InChI is InChI=1S/C24H24F4N6O/c1-15-20(5-4-17-10-29-22(34(15)17)24(26,27)28)35-18-8-23(9-18)12-32(13-23)6-2-3-16-7-21-31-30-14-33(21)11-19(16)25/h4-5,7,10-11,14,18H,2-3,6,8-9,12-13H2,1H3. The van der Waals surface area contributed by atoms with Crippen molar-refractivity contribution in [2.24, 2.45) is 5.41 Å². The van der Waals surface area contributed by atoms with Gasteiger partial charge in [0.1, 0.15) is 24.0 Å². The van der Waals surface area contributed by atoms with E-state index in [4.69, 9.17) is 4.74 Å². The fourth-order valence-corrected chi connectivity index (χ4v) is 5.61. The first-order valence-corrected chi connectivity index (χ1v) is 11.6. The third-order valence-electron chi connectivity index (χ3n) is 7.26. The van der Waals surface area contributed by atoms with E-state index in [1.54, 1.807) is 29.5 Å². The van der Waals surface area contributed by atoms with Crippen molar-refractivity contribution in [3.8, 4) is 5.75 Å². The number of pyridine rings is 2. The van der Waals surface area contributed by atoms with E-state index in [0.29, 0.717) is 34.6 Å². The van der Waals surface area contributed by atoms with Crippen LogP contribution in [-0.2, 0) is 12.6 Å². The van der Waals surface area contributed by atoms with Gasteiger partial charge in [-0.2, -0.15) is 13.2 Å². The summed E-state index contributed by atoms with van der Waals surface area (Å²) in [5.74, 6) is -0.719. The Labute approximate surface area is 198 Å². The van der Waals surface area contributed by atoms with Crippen LogP contribution in [0.25, 0.3) is 11.2 Å². The van der Waals surface area contributed by atoms with Gasteiger partial charge >= 0.3 is 6.18 Å². The predicted octanol–water partition coefficient (Wildman–Crippen LogP) is 4.32. The fourth-order valence-electron chi connectivity index (χ4n) is 5.61. The molecule has 4 aromatic rings. The number of likely N-dealkylation sites (tertiary alicyclic amines) is 1. The molecule has 0 amide bonds. The summed E-state index contributed by atoms with van der Waals surface area (Å²) in [6.07, 6.45) is 2.84. The zero-order valence-corrected chi connectivity index (χ0v) is 19.1. The Balaban J connectivity index is 1.00. The number of halogens is 4. The van der Waals surface area contributed by atoms with E-state index in [1.807, 2.05) is 0 Å². The average Bonchev–Trinajstić information content (AvgIpc) is 3.38. The van der Waals surface area contributed by atoms with Crippen molar-refractivity contribution in [2.45, 2.75) is 44.9 Å². The number of rotatable bonds is 6. The molecule has 1 saturated carbocycles. The lowest BCUT2D eigenvalue weighted by Crippen LogP contribution is -2.64. The Morgan fingerprint density at radius 3 is 2.77 bits per heavy atom. The molecule has 35 heavy (non-hydrogen) atoms. The summed E-state index contributed by atoms with van der Waals surface area (Å²) in [5.41, 5.74) is 2.31. The van der Waals surface area contributed by atoms with E-state index in [9.17, 15) is 17.6 Å². The van der Waals surface area contributed by atoms with Crippen LogP contribution in [-0.4, -0.2) is 54.6 Å². The van der Waals surface area contributed by atoms with Gasteiger partial charge in [-0.3, -0.25) is 8.80 Å². The summed E-state index contributed by atoms with van der Waals surface area (Å²) in [4.78, 5) is 5.91. The van der Waals surface area contributed by atoms with Crippen LogP contribution in [0.4, 0.5) is 17.6 Å². The summed E-state index contributed by atoms with van der Waals surface area (Å²) in [7, 11) is 0. The van der Waals surface area contributed by atoms with Crippen LogP contribution in [0.15, 0.2) is 36.9 Å². The third kappa shape index (κ3) is 3.91. The molecule has 0 aromatic carbocycles. The summed E-state index contributed by atoms with van der Waals surface area (Å²) in [5, 5.41) is 7.75. The fraction of sp³-hybridized carbons (Fsp3) is 0.458. The molecular weight excluding hydrogens is 464 g/mol. The Hall–Kier alpha value is -3.21. The maximum absolute atomic E-state index is 14.2. The molecule has 11 heteroatoms. The maximum Gasteiger partial charge on any atom is 0.450 e. The molecule has 6 rings (SSSR count). The van der Waals surface area contributed by atoms with Gasteiger partial charge in [0.15, 0.2) is 5.65 Å². The quantitative estimate of drug-likeness (QED) is 0.379. The van der Waals surface area contributed by atoms with Crippen LogP contribution in [0.2, 0.25) is 0 Å². The molecule has 1 spiro atoms. The molecule has 0 radical (unpaired) electrons. The van der Waals surface area contributed by atoms with Crippen molar-refractivity contribution in [3.05, 3.63) is 59.8 Å². The maximum atomic E-state index is 14.2. The Morgan fingerprint density at radius 1 is 1.20 bits per heavy atom. The number of aryl methyl sites for hydroxylation is 2. The second kappa shape index (κ2) is 7.91. The first-order chi connectivity index (χ1) is 16.7. The number of hydrogen-bond donors (Lipinski definition) is 0. The van der Waals surface area contributed by atoms with Crippen LogP contribution in [0.5, 0.6) is 5.75 Å². The smallest absolute Gasteiger partial charge is 0.450 e. The minimum Gasteiger partial charge on any atom is -0.489 e. The largest absolute Gasteiger partial charge is 0.489 e. The molecule has 1 aliphatic heterocycles. The van der Waals surface area contributed by atoms with E-state index in [1.165, 1.54) is 18.7 Å². The molecule has 1 saturated heterocycles. The highest BCUT2D eigenvalue weighted by atomic mass is 19.4. The number of imidazole rings is 1. The summed E-state index contributed by atoms with van der Waals surface area (Å²) in [6.45, 7) is 4.45. The number of ether oxygens (including phenoxy) is 1. The minimum absolute atomic E-state index is 0.00450. The topological polar surface area (TPSA) is 60.0 Å². The van der Waals surface area contributed by atoms with Crippen molar-refractivity contribution in [3.63, 3.8) is 0 Å². The number of nitrogens with zero attached hydrogens (tertiary/aromatic N) is 6. The van der Waals surface area contributed by atoms with Crippen LogP contribution in [0, 0.1) is 18.2 Å². The highest BCUT2D eigenvalue weighted by Gasteiger charge is 2.53. The highest BCUT2D eigenvalue weighted by molar-refractivity contribution is 5.51. The molecule has 0 bridgehead atoms. The molecule has 0 unspecified atom stereocenters. The van der Waals surface area contributed by atoms with Gasteiger partial charge in [-0.1, -0.05) is 0 Å². The monoisotopic (exact) mass is 488 g/mol. The molecule has 1 aliphatic carbocycles. The Kier molecular flexibility index (Phi) is 5.03. The van der Waals surface area contributed by atoms with Gasteiger partial charge < -0.3 is 9.64 Å². The van der Waals surface area contributed by atoms with E-state index in [2.05, 4.69) is 20.1 Å². The summed E-state index contributed by atoms with van der Waals surface area (Å²) < 4.78 is 62.9. The zero-order valence-electron chi connectivity index (χ0n) is 19.1. The van der Waals surface area contributed by atoms with E-state index < -0.39 is 12.0 Å². The van der Waals surface area contributed by atoms with E-state index in [-0.39, 0.29) is 17.3 Å². The minimum atomic E-state index is -4.53. The molecule has 0 N–H and O–H groups in total. The average molecular weight is 488 g/mol. The summed E-state index contributed by atoms with van der Waals surface area (Å²) >= 11 is 0. The first kappa shape index (κ1) is 22.3. The third-order valence-corrected chi connectivity index (χ3v) is 7.26. The summed E-state index contributed by atoms with van der Waals surface area (Å²) in [6, 6.07) is 5.07. The van der Waals surface area contributed by atoms with Crippen molar-refractivity contribution in [1.82, 2.24) is 28.9 Å². The lowest BCUT2D eigenvalue weighted by molar-refractivity contribution is -0.145. The predicted molar refractivity (Wildman–Crippen MR) is 119 cm³/mol. The van der Waals surface area contributed by atoms with Crippen molar-refractivity contribution in [2.75, 3.05) is 19.6 Å². The molecular formula is C24H24F4N6O. The number of fused-ring (bicyclic) bond motifs is 2. The van der Waals surface area contributed by atoms with Gasteiger partial charge in [0, 0.05) is 24.7 Å². The van der Waals surface area contributed by atoms with Gasteiger partial charge in [-0.25, -0.2) is 9.37 Å². The van der Waals surface area contributed by atoms with Gasteiger partial charge in [-0.15, -0.1) is 10.2 Å². The zero-order chi connectivity index (χ0) is 24.4. The van der Waals surface area contributed by atoms with E-state index in [0.717, 1.165) is 43.3 Å². The highest BCUT2D eigenvalue weighted by Crippen LogP contribution is 2.50. The molecule has 0 atom stereocenters. The molecule has 184 valence electrons. The normalized spacial score (nSPS) is 18.3. The van der Waals surface area contributed by atoms with Crippen molar-refractivity contribution in [1.29, 1.82) is 0 Å². The second-order valence-corrected chi connectivity index (χ2v) is 9.83. The molecule has 7 nitrogen and oxygen atoms in total. The molecule has 2 fully saturated rings. The SMILES string of the molecule is Cc1c(OC2CC3(C2)CN(CCCc2cc4nncn4cc2F)C3)ccc2cnc(C(F)(F)F)n12. The lowest BCUT2D eigenvalue weighted by Gasteiger charge is -2.58. The molecule has 5 heterocycles. The Morgan fingerprint density at radius 2 is 2.00 bits per heavy atom. The first-order valence-electron chi connectivity index (χ1n) is 11.6.